The van der Waals surface area contributed by atoms with Crippen LogP contribution in [0.2, 0.25) is 5.02 Å². The second kappa shape index (κ2) is 9.82. The lowest BCUT2D eigenvalue weighted by atomic mass is 9.68. The third kappa shape index (κ3) is 5.29. The molecule has 0 aliphatic heterocycles. The van der Waals surface area contributed by atoms with Crippen LogP contribution in [0.15, 0.2) is 65.7 Å². The minimum absolute atomic E-state index is 0.0123. The molecule has 0 radical (unpaired) electrons. The van der Waals surface area contributed by atoms with E-state index in [1.807, 2.05) is 18.2 Å². The van der Waals surface area contributed by atoms with E-state index in [-0.39, 0.29) is 28.0 Å². The number of benzene rings is 2. The van der Waals surface area contributed by atoms with Crippen molar-refractivity contribution in [2.24, 2.45) is 5.73 Å². The molecule has 0 bridgehead atoms. The Balaban J connectivity index is 1.45. The van der Waals surface area contributed by atoms with E-state index < -0.39 is 9.84 Å². The minimum Gasteiger partial charge on any atom is -0.348 e. The van der Waals surface area contributed by atoms with Crippen molar-refractivity contribution in [3.8, 4) is 11.4 Å². The number of nitrogens with one attached hydrogen (secondary N) is 1. The van der Waals surface area contributed by atoms with Gasteiger partial charge in [-0.05, 0) is 61.6 Å². The molecule has 1 saturated carbocycles. The molecular formula is C25H27ClN4O3S. The summed E-state index contributed by atoms with van der Waals surface area (Å²) in [6, 6.07) is 15.8. The second-order valence-corrected chi connectivity index (χ2v) is 11.3. The maximum Gasteiger partial charge on any atom is 0.270 e. The molecule has 7 nitrogen and oxygen atoms in total. The number of hydrogen-bond acceptors (Lipinski definition) is 6. The summed E-state index contributed by atoms with van der Waals surface area (Å²) in [4.78, 5) is 21.7. The Bertz CT molecular complexity index is 1300. The molecule has 1 aliphatic rings. The zero-order valence-electron chi connectivity index (χ0n) is 18.9. The lowest BCUT2D eigenvalue weighted by molar-refractivity contribution is 0.0913. The van der Waals surface area contributed by atoms with Gasteiger partial charge in [0.1, 0.15) is 5.69 Å². The van der Waals surface area contributed by atoms with Gasteiger partial charge in [-0.3, -0.25) is 4.79 Å². The van der Waals surface area contributed by atoms with Crippen molar-refractivity contribution >= 4 is 27.3 Å². The van der Waals surface area contributed by atoms with Crippen molar-refractivity contribution in [1.82, 2.24) is 15.3 Å². The first kappa shape index (κ1) is 24.3. The topological polar surface area (TPSA) is 115 Å². The Morgan fingerprint density at radius 1 is 1.15 bits per heavy atom. The van der Waals surface area contributed by atoms with E-state index in [1.54, 1.807) is 18.2 Å². The highest BCUT2D eigenvalue weighted by atomic mass is 35.5. The lowest BCUT2D eigenvalue weighted by Crippen LogP contribution is -2.45. The van der Waals surface area contributed by atoms with Crippen molar-refractivity contribution in [3.63, 3.8) is 0 Å². The second-order valence-electron chi connectivity index (χ2n) is 8.81. The van der Waals surface area contributed by atoms with Crippen LogP contribution in [0.5, 0.6) is 0 Å². The van der Waals surface area contributed by atoms with Gasteiger partial charge in [-0.25, -0.2) is 18.4 Å². The van der Waals surface area contributed by atoms with Crippen LogP contribution in [0.3, 0.4) is 0 Å². The number of carbonyl (C=O) groups excluding carboxylic acids is 1. The van der Waals surface area contributed by atoms with Crippen LogP contribution in [-0.4, -0.2) is 43.1 Å². The van der Waals surface area contributed by atoms with Gasteiger partial charge in [0.05, 0.1) is 4.90 Å². The van der Waals surface area contributed by atoms with E-state index in [4.69, 9.17) is 17.3 Å². The van der Waals surface area contributed by atoms with Gasteiger partial charge in [0, 0.05) is 41.0 Å². The maximum atomic E-state index is 12.9. The van der Waals surface area contributed by atoms with Crippen molar-refractivity contribution in [2.45, 2.75) is 42.0 Å². The van der Waals surface area contributed by atoms with Crippen molar-refractivity contribution in [2.75, 3.05) is 12.8 Å². The quantitative estimate of drug-likeness (QED) is 0.534. The van der Waals surface area contributed by atoms with Gasteiger partial charge in [-0.15, -0.1) is 0 Å². The average molecular weight is 499 g/mol. The molecule has 3 aromatic rings. The lowest BCUT2D eigenvalue weighted by Gasteiger charge is -2.40. The smallest absolute Gasteiger partial charge is 0.270 e. The highest BCUT2D eigenvalue weighted by molar-refractivity contribution is 7.90. The number of nitrogens with two attached hydrogens (primary N) is 1. The molecular weight excluding hydrogens is 472 g/mol. The molecule has 0 spiro atoms. The molecule has 0 atom stereocenters. The highest BCUT2D eigenvalue weighted by Gasteiger charge is 2.36. The number of amides is 1. The molecule has 3 N–H and O–H groups in total. The van der Waals surface area contributed by atoms with Crippen LogP contribution in [0, 0.1) is 0 Å². The molecule has 34 heavy (non-hydrogen) atoms. The van der Waals surface area contributed by atoms with Gasteiger partial charge in [0.2, 0.25) is 0 Å². The fraction of sp³-hybridized carbons (Fsp3) is 0.320. The van der Waals surface area contributed by atoms with Gasteiger partial charge >= 0.3 is 0 Å². The van der Waals surface area contributed by atoms with E-state index >= 15 is 0 Å². The number of carbonyl (C=O) groups is 1. The SMILES string of the molecule is CS(=O)(=O)c1cccc(-c2nccc(C(=O)N[C@H]3CC[C@](CN)(c4cccc(Cl)c4)CC3)n2)c1. The number of hydrogen-bond donors (Lipinski definition) is 2. The summed E-state index contributed by atoms with van der Waals surface area (Å²) in [6.07, 6.45) is 5.94. The Labute approximate surface area is 204 Å². The molecule has 178 valence electrons. The molecule has 1 amide bonds. The highest BCUT2D eigenvalue weighted by Crippen LogP contribution is 2.39. The molecule has 0 saturated heterocycles. The monoisotopic (exact) mass is 498 g/mol. The fourth-order valence-corrected chi connectivity index (χ4v) is 5.35. The Morgan fingerprint density at radius 3 is 2.56 bits per heavy atom. The Morgan fingerprint density at radius 2 is 1.88 bits per heavy atom. The first-order valence-corrected chi connectivity index (χ1v) is 13.4. The third-order valence-electron chi connectivity index (χ3n) is 6.51. The van der Waals surface area contributed by atoms with E-state index in [2.05, 4.69) is 21.4 Å². The zero-order chi connectivity index (χ0) is 24.3. The standard InChI is InChI=1S/C25H27ClN4O3S/c1-34(32,33)21-7-2-4-17(14-21)23-28-13-10-22(30-23)24(31)29-20-8-11-25(16-27,12-9-20)18-5-3-6-19(26)15-18/h2-7,10,13-15,20H,8-9,11-12,16,27H2,1H3,(H,29,31)/t20-,25-. The molecule has 9 heteroatoms. The first-order chi connectivity index (χ1) is 16.2. The Hall–Kier alpha value is -2.81. The summed E-state index contributed by atoms with van der Waals surface area (Å²) in [6.45, 7) is 0.524. The minimum atomic E-state index is -3.36. The number of aromatic nitrogens is 2. The summed E-state index contributed by atoms with van der Waals surface area (Å²) < 4.78 is 23.7. The Kier molecular flexibility index (Phi) is 7.02. The van der Waals surface area contributed by atoms with Crippen LogP contribution >= 0.6 is 11.6 Å². The van der Waals surface area contributed by atoms with Gasteiger partial charge in [0.25, 0.3) is 5.91 Å². The summed E-state index contributed by atoms with van der Waals surface area (Å²) in [5.74, 6) is 0.0146. The molecule has 1 aromatic heterocycles. The van der Waals surface area contributed by atoms with E-state index in [0.717, 1.165) is 37.5 Å². The number of sulfone groups is 1. The van der Waals surface area contributed by atoms with Gasteiger partial charge in [-0.2, -0.15) is 0 Å². The van der Waals surface area contributed by atoms with Crippen LogP contribution in [0.4, 0.5) is 0 Å². The molecule has 4 rings (SSSR count). The van der Waals surface area contributed by atoms with Crippen LogP contribution in [-0.2, 0) is 15.3 Å². The van der Waals surface area contributed by atoms with Crippen LogP contribution in [0.25, 0.3) is 11.4 Å². The van der Waals surface area contributed by atoms with Gasteiger partial charge in [0.15, 0.2) is 15.7 Å². The van der Waals surface area contributed by atoms with Crippen molar-refractivity contribution in [3.05, 3.63) is 77.1 Å². The van der Waals surface area contributed by atoms with Crippen molar-refractivity contribution < 1.29 is 13.2 Å². The van der Waals surface area contributed by atoms with Crippen LogP contribution in [0.1, 0.15) is 41.7 Å². The summed E-state index contributed by atoms with van der Waals surface area (Å²) in [5, 5.41) is 3.78. The summed E-state index contributed by atoms with van der Waals surface area (Å²) >= 11 is 6.20. The third-order valence-corrected chi connectivity index (χ3v) is 7.86. The predicted octanol–water partition coefficient (Wildman–Crippen LogP) is 3.77. The van der Waals surface area contributed by atoms with E-state index in [9.17, 15) is 13.2 Å². The largest absolute Gasteiger partial charge is 0.348 e. The molecule has 0 unspecified atom stereocenters. The molecule has 1 aliphatic carbocycles. The zero-order valence-corrected chi connectivity index (χ0v) is 20.4. The van der Waals surface area contributed by atoms with Crippen molar-refractivity contribution in [1.29, 1.82) is 0 Å². The number of rotatable bonds is 6. The number of nitrogens with zero attached hydrogens (tertiary/aromatic N) is 2. The molecule has 2 aromatic carbocycles. The van der Waals surface area contributed by atoms with Gasteiger partial charge < -0.3 is 11.1 Å². The summed E-state index contributed by atoms with van der Waals surface area (Å²) in [5.41, 5.74) is 7.95. The van der Waals surface area contributed by atoms with E-state index in [1.165, 1.54) is 18.3 Å². The average Bonchev–Trinajstić information content (AvgIpc) is 2.84. The van der Waals surface area contributed by atoms with Gasteiger partial charge in [-0.1, -0.05) is 35.9 Å². The molecule has 1 fully saturated rings. The maximum absolute atomic E-state index is 12.9. The normalized spacial score (nSPS) is 20.6. The fourth-order valence-electron chi connectivity index (χ4n) is 4.49. The predicted molar refractivity (Wildman–Crippen MR) is 132 cm³/mol. The molecule has 1 heterocycles. The first-order valence-electron chi connectivity index (χ1n) is 11.1. The van der Waals surface area contributed by atoms with Crippen LogP contribution < -0.4 is 11.1 Å². The van der Waals surface area contributed by atoms with E-state index in [0.29, 0.717) is 23.0 Å². The summed E-state index contributed by atoms with van der Waals surface area (Å²) in [7, 11) is -3.36. The number of halogens is 1.